The van der Waals surface area contributed by atoms with E-state index in [4.69, 9.17) is 0 Å². The van der Waals surface area contributed by atoms with Crippen LogP contribution in [0.3, 0.4) is 0 Å². The number of carbonyl (C=O) groups excluding carboxylic acids is 1. The molecule has 1 aromatic carbocycles. The highest BCUT2D eigenvalue weighted by molar-refractivity contribution is 7.99. The number of carboxylic acids is 1. The van der Waals surface area contributed by atoms with Gasteiger partial charge in [-0.3, -0.25) is 4.79 Å². The Morgan fingerprint density at radius 2 is 1.90 bits per heavy atom. The van der Waals surface area contributed by atoms with Gasteiger partial charge in [-0.2, -0.15) is 11.8 Å². The number of carboxylic acid groups (broad SMARTS) is 1. The summed E-state index contributed by atoms with van der Waals surface area (Å²) in [5.74, 6) is 0.199. The molecule has 1 aromatic rings. The summed E-state index contributed by atoms with van der Waals surface area (Å²) in [7, 11) is 0. The molecule has 0 aliphatic heterocycles. The molecule has 2 N–H and O–H groups in total. The summed E-state index contributed by atoms with van der Waals surface area (Å²) in [6.45, 7) is 7.56. The summed E-state index contributed by atoms with van der Waals surface area (Å²) < 4.78 is 0. The third-order valence-electron chi connectivity index (χ3n) is 2.83. The fourth-order valence-corrected chi connectivity index (χ4v) is 2.45. The molecule has 4 nitrogen and oxygen atoms in total. The van der Waals surface area contributed by atoms with Crippen molar-refractivity contribution >= 4 is 23.6 Å². The highest BCUT2D eigenvalue weighted by Crippen LogP contribution is 2.18. The Balaban J connectivity index is 2.84. The average Bonchev–Trinajstić information content (AvgIpc) is 2.40. The van der Waals surface area contributed by atoms with E-state index < -0.39 is 5.97 Å². The van der Waals surface area contributed by atoms with Gasteiger partial charge in [0.2, 0.25) is 0 Å². The number of hydrogen-bond acceptors (Lipinski definition) is 3. The molecule has 0 spiro atoms. The first-order chi connectivity index (χ1) is 9.49. The van der Waals surface area contributed by atoms with E-state index in [2.05, 4.69) is 11.9 Å². The second kappa shape index (κ2) is 7.75. The van der Waals surface area contributed by atoms with Gasteiger partial charge in [0.25, 0.3) is 5.91 Å². The van der Waals surface area contributed by atoms with Crippen molar-refractivity contribution in [2.24, 2.45) is 0 Å². The molecule has 20 heavy (non-hydrogen) atoms. The third kappa shape index (κ3) is 4.13. The minimum Gasteiger partial charge on any atom is -0.478 e. The molecule has 0 saturated heterocycles. The normalized spacial score (nSPS) is 10.1. The third-order valence-corrected chi connectivity index (χ3v) is 3.79. The number of aromatic carboxylic acids is 1. The molecule has 108 valence electrons. The monoisotopic (exact) mass is 293 g/mol. The Kier molecular flexibility index (Phi) is 6.31. The molecule has 0 heterocycles. The van der Waals surface area contributed by atoms with Crippen molar-refractivity contribution in [3.05, 3.63) is 47.0 Å². The first-order valence-corrected chi connectivity index (χ1v) is 7.44. The molecule has 0 fully saturated rings. The van der Waals surface area contributed by atoms with Crippen molar-refractivity contribution in [3.63, 3.8) is 0 Å². The molecule has 0 radical (unpaired) electrons. The van der Waals surface area contributed by atoms with Crippen LogP contribution in [-0.4, -0.2) is 35.0 Å². The Labute approximate surface area is 123 Å². The number of rotatable bonds is 7. The number of nitrogens with one attached hydrogen (secondary N) is 1. The number of carbonyl (C=O) groups is 2. The Hall–Kier alpha value is -1.75. The molecule has 0 atom stereocenters. The zero-order chi connectivity index (χ0) is 15.1. The second-order valence-corrected chi connectivity index (χ2v) is 5.52. The minimum absolute atomic E-state index is 0.0845. The molecule has 0 saturated carbocycles. The van der Waals surface area contributed by atoms with Crippen molar-refractivity contribution < 1.29 is 14.7 Å². The second-order valence-electron chi connectivity index (χ2n) is 4.37. The summed E-state index contributed by atoms with van der Waals surface area (Å²) >= 11 is 1.66. The van der Waals surface area contributed by atoms with Crippen LogP contribution in [0.4, 0.5) is 0 Å². The molecular weight excluding hydrogens is 274 g/mol. The first-order valence-electron chi connectivity index (χ1n) is 6.29. The van der Waals surface area contributed by atoms with Crippen LogP contribution in [0, 0.1) is 13.8 Å². The molecule has 0 aliphatic rings. The minimum atomic E-state index is -1.07. The fraction of sp³-hybridized carbons (Fsp3) is 0.333. The van der Waals surface area contributed by atoms with Gasteiger partial charge >= 0.3 is 5.97 Å². The van der Waals surface area contributed by atoms with Crippen LogP contribution in [-0.2, 0) is 0 Å². The van der Waals surface area contributed by atoms with E-state index in [-0.39, 0.29) is 17.0 Å². The van der Waals surface area contributed by atoms with E-state index in [0.717, 1.165) is 11.5 Å². The summed E-state index contributed by atoms with van der Waals surface area (Å²) in [6.07, 6.45) is 1.81. The molecule has 0 aromatic heterocycles. The maximum Gasteiger partial charge on any atom is 0.336 e. The van der Waals surface area contributed by atoms with Gasteiger partial charge in [-0.15, -0.1) is 6.58 Å². The highest BCUT2D eigenvalue weighted by atomic mass is 32.2. The lowest BCUT2D eigenvalue weighted by Crippen LogP contribution is -2.28. The summed E-state index contributed by atoms with van der Waals surface area (Å²) in [5.41, 5.74) is 1.60. The Bertz CT molecular complexity index is 526. The van der Waals surface area contributed by atoms with Crippen molar-refractivity contribution in [1.82, 2.24) is 5.32 Å². The van der Waals surface area contributed by atoms with E-state index in [1.165, 1.54) is 0 Å². The topological polar surface area (TPSA) is 66.4 Å². The molecule has 0 aliphatic carbocycles. The largest absolute Gasteiger partial charge is 0.478 e. The number of benzene rings is 1. The molecular formula is C15H19NO3S. The van der Waals surface area contributed by atoms with E-state index in [0.29, 0.717) is 17.7 Å². The first kappa shape index (κ1) is 16.3. The van der Waals surface area contributed by atoms with Crippen LogP contribution in [0.5, 0.6) is 0 Å². The van der Waals surface area contributed by atoms with Gasteiger partial charge in [0, 0.05) is 18.1 Å². The number of aryl methyl sites for hydroxylation is 2. The highest BCUT2D eigenvalue weighted by Gasteiger charge is 2.20. The van der Waals surface area contributed by atoms with Crippen molar-refractivity contribution in [1.29, 1.82) is 0 Å². The zero-order valence-electron chi connectivity index (χ0n) is 11.7. The molecule has 0 unspecified atom stereocenters. The van der Waals surface area contributed by atoms with Crippen LogP contribution >= 0.6 is 11.8 Å². The van der Waals surface area contributed by atoms with Crippen molar-refractivity contribution in [3.8, 4) is 0 Å². The van der Waals surface area contributed by atoms with Crippen LogP contribution in [0.25, 0.3) is 0 Å². The number of amides is 1. The van der Waals surface area contributed by atoms with Crippen LogP contribution in [0.1, 0.15) is 31.8 Å². The van der Waals surface area contributed by atoms with E-state index in [1.54, 1.807) is 43.8 Å². The van der Waals surface area contributed by atoms with Gasteiger partial charge in [-0.1, -0.05) is 18.2 Å². The predicted octanol–water partition coefficient (Wildman–Crippen LogP) is 2.65. The number of thioether (sulfide) groups is 1. The lowest BCUT2D eigenvalue weighted by Gasteiger charge is -2.12. The van der Waals surface area contributed by atoms with Crippen LogP contribution in [0.15, 0.2) is 24.8 Å². The lowest BCUT2D eigenvalue weighted by molar-refractivity contribution is 0.0690. The van der Waals surface area contributed by atoms with Crippen LogP contribution in [0.2, 0.25) is 0 Å². The maximum absolute atomic E-state index is 12.2. The zero-order valence-corrected chi connectivity index (χ0v) is 12.5. The van der Waals surface area contributed by atoms with Gasteiger partial charge in [-0.05, 0) is 25.0 Å². The fourth-order valence-electron chi connectivity index (χ4n) is 1.87. The van der Waals surface area contributed by atoms with Gasteiger partial charge in [0.1, 0.15) is 0 Å². The summed E-state index contributed by atoms with van der Waals surface area (Å²) in [5, 5.41) is 12.0. The van der Waals surface area contributed by atoms with Gasteiger partial charge in [0.15, 0.2) is 0 Å². The molecule has 1 amide bonds. The standard InChI is InChI=1S/C15H19NO3S/c1-4-8-20-9-7-16-14(17)12-10(2)5-6-11(3)13(12)15(18)19/h4-6H,1,7-9H2,2-3H3,(H,16,17)(H,18,19). The van der Waals surface area contributed by atoms with E-state index in [9.17, 15) is 14.7 Å². The predicted molar refractivity (Wildman–Crippen MR) is 82.7 cm³/mol. The Morgan fingerprint density at radius 1 is 1.30 bits per heavy atom. The average molecular weight is 293 g/mol. The van der Waals surface area contributed by atoms with Gasteiger partial charge in [0.05, 0.1) is 11.1 Å². The molecule has 0 bridgehead atoms. The van der Waals surface area contributed by atoms with Crippen molar-refractivity contribution in [2.75, 3.05) is 18.1 Å². The van der Waals surface area contributed by atoms with Gasteiger partial charge < -0.3 is 10.4 Å². The molecule has 1 rings (SSSR count). The Morgan fingerprint density at radius 3 is 2.45 bits per heavy atom. The maximum atomic E-state index is 12.2. The number of hydrogen-bond donors (Lipinski definition) is 2. The lowest BCUT2D eigenvalue weighted by atomic mass is 9.96. The van der Waals surface area contributed by atoms with E-state index in [1.807, 2.05) is 0 Å². The van der Waals surface area contributed by atoms with E-state index >= 15 is 0 Å². The SMILES string of the molecule is C=CCSCCNC(=O)c1c(C)ccc(C)c1C(=O)O. The summed E-state index contributed by atoms with van der Waals surface area (Å²) in [4.78, 5) is 23.5. The van der Waals surface area contributed by atoms with Crippen LogP contribution < -0.4 is 5.32 Å². The van der Waals surface area contributed by atoms with Crippen molar-refractivity contribution in [2.45, 2.75) is 13.8 Å². The smallest absolute Gasteiger partial charge is 0.336 e. The molecule has 5 heteroatoms. The summed E-state index contributed by atoms with van der Waals surface area (Å²) in [6, 6.07) is 3.48. The van der Waals surface area contributed by atoms with Gasteiger partial charge in [-0.25, -0.2) is 4.79 Å². The quantitative estimate of drug-likeness (QED) is 0.599.